The highest BCUT2D eigenvalue weighted by atomic mass is 79.9. The first kappa shape index (κ1) is 13.4. The molecule has 0 saturated carbocycles. The van der Waals surface area contributed by atoms with Crippen LogP contribution in [0.25, 0.3) is 10.9 Å². The maximum absolute atomic E-state index is 12.7. The topological polar surface area (TPSA) is 22.1 Å². The Bertz CT molecular complexity index is 615. The molecule has 0 saturated heterocycles. The van der Waals surface area contributed by atoms with Gasteiger partial charge in [-0.2, -0.15) is 13.2 Å². The molecule has 0 atom stereocenters. The summed E-state index contributed by atoms with van der Waals surface area (Å²) in [5.41, 5.74) is -0.969. The predicted octanol–water partition coefficient (Wildman–Crippen LogP) is 4.68. The van der Waals surface area contributed by atoms with Crippen molar-refractivity contribution in [2.75, 3.05) is 7.11 Å². The van der Waals surface area contributed by atoms with Crippen LogP contribution in [0.3, 0.4) is 0 Å². The van der Waals surface area contributed by atoms with Gasteiger partial charge in [0.15, 0.2) is 0 Å². The molecule has 2 aromatic rings. The van der Waals surface area contributed by atoms with Crippen LogP contribution in [-0.4, -0.2) is 12.1 Å². The first-order chi connectivity index (χ1) is 8.34. The number of hydrogen-bond acceptors (Lipinski definition) is 2. The van der Waals surface area contributed by atoms with Crippen LogP contribution in [0.4, 0.5) is 13.2 Å². The molecule has 2 rings (SSSR count). The number of rotatable bonds is 1. The van der Waals surface area contributed by atoms with E-state index in [1.807, 2.05) is 0 Å². The average Bonchev–Trinajstić information content (AvgIpc) is 2.27. The molecule has 0 aliphatic rings. The van der Waals surface area contributed by atoms with E-state index in [9.17, 15) is 13.2 Å². The Balaban J connectivity index is 2.86. The van der Waals surface area contributed by atoms with Crippen molar-refractivity contribution in [3.63, 3.8) is 0 Å². The van der Waals surface area contributed by atoms with Gasteiger partial charge >= 0.3 is 6.18 Å². The van der Waals surface area contributed by atoms with Gasteiger partial charge in [-0.05, 0) is 18.2 Å². The fourth-order valence-corrected chi connectivity index (χ4v) is 2.48. The Labute approximate surface area is 114 Å². The molecule has 0 aliphatic carbocycles. The average molecular weight is 341 g/mol. The fraction of sp³-hybridized carbons (Fsp3) is 0.182. The van der Waals surface area contributed by atoms with Crippen LogP contribution < -0.4 is 4.74 Å². The minimum atomic E-state index is -4.55. The molecule has 1 aromatic heterocycles. The van der Waals surface area contributed by atoms with E-state index in [-0.39, 0.29) is 16.3 Å². The lowest BCUT2D eigenvalue weighted by molar-refractivity contribution is -0.140. The van der Waals surface area contributed by atoms with Crippen molar-refractivity contribution in [1.29, 1.82) is 0 Å². The lowest BCUT2D eigenvalue weighted by Gasteiger charge is -2.11. The molecule has 1 heterocycles. The summed E-state index contributed by atoms with van der Waals surface area (Å²) in [4.78, 5) is 3.57. The van der Waals surface area contributed by atoms with Gasteiger partial charge in [-0.3, -0.25) is 0 Å². The molecule has 1 aromatic carbocycles. The highest BCUT2D eigenvalue weighted by Crippen LogP contribution is 2.38. The van der Waals surface area contributed by atoms with E-state index >= 15 is 0 Å². The normalized spacial score (nSPS) is 11.9. The number of halogens is 5. The number of nitrogens with zero attached hydrogens (tertiary/aromatic N) is 1. The highest BCUT2D eigenvalue weighted by molar-refractivity contribution is 9.10. The molecule has 7 heteroatoms. The second-order valence-corrected chi connectivity index (χ2v) is 4.72. The number of hydrogen-bond donors (Lipinski definition) is 0. The van der Waals surface area contributed by atoms with Crippen molar-refractivity contribution >= 4 is 38.4 Å². The zero-order valence-corrected chi connectivity index (χ0v) is 11.3. The molecular weight excluding hydrogens is 334 g/mol. The molecule has 2 nitrogen and oxygen atoms in total. The maximum atomic E-state index is 12.7. The van der Waals surface area contributed by atoms with Gasteiger partial charge in [0.2, 0.25) is 0 Å². The molecule has 0 N–H and O–H groups in total. The number of pyridine rings is 1. The van der Waals surface area contributed by atoms with E-state index in [2.05, 4.69) is 20.9 Å². The van der Waals surface area contributed by atoms with Crippen LogP contribution in [0.1, 0.15) is 5.69 Å². The number of ether oxygens (including phenoxy) is 1. The first-order valence-electron chi connectivity index (χ1n) is 4.74. The third kappa shape index (κ3) is 2.27. The lowest BCUT2D eigenvalue weighted by atomic mass is 10.2. The van der Waals surface area contributed by atoms with E-state index < -0.39 is 11.9 Å². The Kier molecular flexibility index (Phi) is 3.42. The van der Waals surface area contributed by atoms with E-state index in [0.29, 0.717) is 9.86 Å². The van der Waals surface area contributed by atoms with Crippen LogP contribution >= 0.6 is 27.5 Å². The van der Waals surface area contributed by atoms with Crippen LogP contribution in [0.2, 0.25) is 5.02 Å². The molecule has 0 spiro atoms. The van der Waals surface area contributed by atoms with E-state index in [1.165, 1.54) is 13.2 Å². The van der Waals surface area contributed by atoms with Gasteiger partial charge < -0.3 is 4.74 Å². The Hall–Kier alpha value is -1.01. The van der Waals surface area contributed by atoms with Gasteiger partial charge in [0, 0.05) is 9.86 Å². The minimum absolute atomic E-state index is 0.0295. The van der Waals surface area contributed by atoms with Gasteiger partial charge in [-0.1, -0.05) is 27.5 Å². The standard InChI is InChI=1S/C11H6BrClF3NO/c1-18-7-3-2-5(12)9-6(13)4-8(11(14,15)16)17-10(7)9/h2-4H,1H3. The summed E-state index contributed by atoms with van der Waals surface area (Å²) < 4.78 is 43.5. The van der Waals surface area contributed by atoms with E-state index in [4.69, 9.17) is 16.3 Å². The highest BCUT2D eigenvalue weighted by Gasteiger charge is 2.33. The molecule has 0 bridgehead atoms. The van der Waals surface area contributed by atoms with Crippen molar-refractivity contribution in [2.45, 2.75) is 6.18 Å². The monoisotopic (exact) mass is 339 g/mol. The van der Waals surface area contributed by atoms with Crippen molar-refractivity contribution in [1.82, 2.24) is 4.98 Å². The van der Waals surface area contributed by atoms with Crippen LogP contribution in [0, 0.1) is 0 Å². The molecule has 0 amide bonds. The van der Waals surface area contributed by atoms with E-state index in [0.717, 1.165) is 6.07 Å². The van der Waals surface area contributed by atoms with Crippen molar-refractivity contribution in [3.8, 4) is 5.75 Å². The minimum Gasteiger partial charge on any atom is -0.494 e. The maximum Gasteiger partial charge on any atom is 0.433 e. The first-order valence-corrected chi connectivity index (χ1v) is 5.91. The van der Waals surface area contributed by atoms with Crippen molar-refractivity contribution in [3.05, 3.63) is 33.4 Å². The third-order valence-corrected chi connectivity index (χ3v) is 3.29. The summed E-state index contributed by atoms with van der Waals surface area (Å²) in [7, 11) is 1.36. The molecule has 0 aliphatic heterocycles. The summed E-state index contributed by atoms with van der Waals surface area (Å²) in [6.07, 6.45) is -4.55. The molecular formula is C11H6BrClF3NO. The van der Waals surface area contributed by atoms with Crippen molar-refractivity contribution in [2.24, 2.45) is 0 Å². The number of benzene rings is 1. The summed E-state index contributed by atoms with van der Waals surface area (Å²) >= 11 is 9.10. The quantitative estimate of drug-likeness (QED) is 0.752. The third-order valence-electron chi connectivity index (χ3n) is 2.33. The van der Waals surface area contributed by atoms with Gasteiger partial charge in [0.05, 0.1) is 12.1 Å². The van der Waals surface area contributed by atoms with Crippen LogP contribution in [0.5, 0.6) is 5.75 Å². The van der Waals surface area contributed by atoms with Gasteiger partial charge in [-0.25, -0.2) is 4.98 Å². The molecule has 0 unspecified atom stereocenters. The molecule has 0 fully saturated rings. The zero-order valence-electron chi connectivity index (χ0n) is 8.98. The summed E-state index contributed by atoms with van der Waals surface area (Å²) in [6, 6.07) is 3.96. The smallest absolute Gasteiger partial charge is 0.433 e. The summed E-state index contributed by atoms with van der Waals surface area (Å²) in [5.74, 6) is 0.237. The predicted molar refractivity (Wildman–Crippen MR) is 66.0 cm³/mol. The molecule has 0 radical (unpaired) electrons. The zero-order chi connectivity index (χ0) is 13.5. The number of aromatic nitrogens is 1. The molecule has 96 valence electrons. The second-order valence-electron chi connectivity index (χ2n) is 3.46. The van der Waals surface area contributed by atoms with Crippen LogP contribution in [-0.2, 0) is 6.18 Å². The number of alkyl halides is 3. The van der Waals surface area contributed by atoms with Gasteiger partial charge in [0.1, 0.15) is 17.0 Å². The fourth-order valence-electron chi connectivity index (χ4n) is 1.54. The largest absolute Gasteiger partial charge is 0.494 e. The lowest BCUT2D eigenvalue weighted by Crippen LogP contribution is -2.08. The van der Waals surface area contributed by atoms with E-state index in [1.54, 1.807) is 6.07 Å². The Morgan fingerprint density at radius 3 is 2.56 bits per heavy atom. The SMILES string of the molecule is COc1ccc(Br)c2c(Cl)cc(C(F)(F)F)nc12. The van der Waals surface area contributed by atoms with Crippen molar-refractivity contribution < 1.29 is 17.9 Å². The Morgan fingerprint density at radius 1 is 1.33 bits per heavy atom. The van der Waals surface area contributed by atoms with Crippen LogP contribution in [0.15, 0.2) is 22.7 Å². The van der Waals surface area contributed by atoms with Gasteiger partial charge in [-0.15, -0.1) is 0 Å². The number of methoxy groups -OCH3 is 1. The second kappa shape index (κ2) is 4.59. The number of fused-ring (bicyclic) bond motifs is 1. The van der Waals surface area contributed by atoms with Gasteiger partial charge in [0.25, 0.3) is 0 Å². The summed E-state index contributed by atoms with van der Waals surface area (Å²) in [5, 5.41) is 0.363. The molecule has 18 heavy (non-hydrogen) atoms. The summed E-state index contributed by atoms with van der Waals surface area (Å²) in [6.45, 7) is 0. The Morgan fingerprint density at radius 2 is 2.00 bits per heavy atom.